The molecule has 100 valence electrons. The van der Waals surface area contributed by atoms with Gasteiger partial charge in [-0.25, -0.2) is 0 Å². The Bertz CT molecular complexity index is 600. The van der Waals surface area contributed by atoms with Gasteiger partial charge in [-0.05, 0) is 12.1 Å². The van der Waals surface area contributed by atoms with E-state index in [-0.39, 0.29) is 6.10 Å². The highest BCUT2D eigenvalue weighted by atomic mass is 35.5. The number of benzene rings is 1. The standard InChI is InChI=1S/C13H13ClN2O3/c1-17-11-3-2-9-10(6-15-16-13(9)14)12(11)19-8-4-5-18-7-8/h2-3,6,8H,4-5,7H2,1H3. The molecule has 3 rings (SSSR count). The second kappa shape index (κ2) is 5.19. The number of ether oxygens (including phenoxy) is 3. The molecule has 2 aromatic rings. The summed E-state index contributed by atoms with van der Waals surface area (Å²) in [4.78, 5) is 0. The summed E-state index contributed by atoms with van der Waals surface area (Å²) in [5.41, 5.74) is 0. The highest BCUT2D eigenvalue weighted by Gasteiger charge is 2.21. The van der Waals surface area contributed by atoms with Crippen LogP contribution in [0.25, 0.3) is 10.8 Å². The average molecular weight is 281 g/mol. The molecule has 6 heteroatoms. The molecule has 1 aromatic heterocycles. The minimum absolute atomic E-state index is 0.0337. The Morgan fingerprint density at radius 3 is 3.00 bits per heavy atom. The Labute approximate surface area is 115 Å². The summed E-state index contributed by atoms with van der Waals surface area (Å²) in [5.74, 6) is 1.30. The first-order valence-corrected chi connectivity index (χ1v) is 6.39. The number of fused-ring (bicyclic) bond motifs is 1. The van der Waals surface area contributed by atoms with Gasteiger partial charge in [0.2, 0.25) is 0 Å². The van der Waals surface area contributed by atoms with Gasteiger partial charge >= 0.3 is 0 Å². The fourth-order valence-corrected chi connectivity index (χ4v) is 2.34. The lowest BCUT2D eigenvalue weighted by Gasteiger charge is -2.16. The number of aromatic nitrogens is 2. The van der Waals surface area contributed by atoms with Crippen molar-refractivity contribution in [3.63, 3.8) is 0 Å². The Morgan fingerprint density at radius 1 is 1.37 bits per heavy atom. The molecule has 1 aliphatic heterocycles. The maximum Gasteiger partial charge on any atom is 0.171 e. The Morgan fingerprint density at radius 2 is 2.26 bits per heavy atom. The molecular formula is C13H13ClN2O3. The number of halogens is 1. The molecule has 1 unspecified atom stereocenters. The van der Waals surface area contributed by atoms with Crippen LogP contribution in [-0.2, 0) is 4.74 Å². The predicted octanol–water partition coefficient (Wildman–Crippen LogP) is 2.46. The summed E-state index contributed by atoms with van der Waals surface area (Å²) in [7, 11) is 1.61. The molecule has 0 aliphatic carbocycles. The molecule has 1 fully saturated rings. The van der Waals surface area contributed by atoms with Crippen LogP contribution in [0.4, 0.5) is 0 Å². The SMILES string of the molecule is COc1ccc2c(Cl)nncc2c1OC1CCOC1. The van der Waals surface area contributed by atoms with Crippen LogP contribution in [0.5, 0.6) is 11.5 Å². The molecule has 5 nitrogen and oxygen atoms in total. The predicted molar refractivity (Wildman–Crippen MR) is 71.0 cm³/mol. The van der Waals surface area contributed by atoms with Crippen molar-refractivity contribution in [3.05, 3.63) is 23.5 Å². The van der Waals surface area contributed by atoms with Gasteiger partial charge in [0, 0.05) is 11.8 Å². The summed E-state index contributed by atoms with van der Waals surface area (Å²) in [6.45, 7) is 1.31. The van der Waals surface area contributed by atoms with Gasteiger partial charge in [0.25, 0.3) is 0 Å². The van der Waals surface area contributed by atoms with E-state index < -0.39 is 0 Å². The number of hydrogen-bond donors (Lipinski definition) is 0. The summed E-state index contributed by atoms with van der Waals surface area (Å²) >= 11 is 6.05. The van der Waals surface area contributed by atoms with E-state index in [1.165, 1.54) is 0 Å². The fourth-order valence-electron chi connectivity index (χ4n) is 2.13. The van der Waals surface area contributed by atoms with Gasteiger partial charge in [-0.2, -0.15) is 5.10 Å². The van der Waals surface area contributed by atoms with Crippen LogP contribution in [-0.4, -0.2) is 36.6 Å². The van der Waals surface area contributed by atoms with E-state index in [0.717, 1.165) is 23.8 Å². The quantitative estimate of drug-likeness (QED) is 0.864. The van der Waals surface area contributed by atoms with E-state index in [1.54, 1.807) is 13.3 Å². The third-order valence-electron chi connectivity index (χ3n) is 3.11. The summed E-state index contributed by atoms with van der Waals surface area (Å²) < 4.78 is 16.7. The van der Waals surface area contributed by atoms with E-state index in [9.17, 15) is 0 Å². The normalized spacial score (nSPS) is 18.7. The van der Waals surface area contributed by atoms with E-state index in [1.807, 2.05) is 12.1 Å². The molecule has 1 saturated heterocycles. The van der Waals surface area contributed by atoms with Crippen LogP contribution >= 0.6 is 11.6 Å². The molecule has 1 aliphatic rings. The van der Waals surface area contributed by atoms with E-state index >= 15 is 0 Å². The van der Waals surface area contributed by atoms with Crippen molar-refractivity contribution in [3.8, 4) is 11.5 Å². The van der Waals surface area contributed by atoms with E-state index in [2.05, 4.69) is 10.2 Å². The van der Waals surface area contributed by atoms with Crippen molar-refractivity contribution >= 4 is 22.4 Å². The minimum atomic E-state index is 0.0337. The molecule has 19 heavy (non-hydrogen) atoms. The molecule has 0 radical (unpaired) electrons. The number of nitrogens with zero attached hydrogens (tertiary/aromatic N) is 2. The third kappa shape index (κ3) is 2.31. The monoisotopic (exact) mass is 280 g/mol. The fraction of sp³-hybridized carbons (Fsp3) is 0.385. The first kappa shape index (κ1) is 12.4. The summed E-state index contributed by atoms with van der Waals surface area (Å²) in [6.07, 6.45) is 2.53. The van der Waals surface area contributed by atoms with Gasteiger partial charge in [0.15, 0.2) is 16.7 Å². The van der Waals surface area contributed by atoms with Crippen LogP contribution in [0, 0.1) is 0 Å². The molecule has 0 N–H and O–H groups in total. The van der Waals surface area contributed by atoms with Gasteiger partial charge < -0.3 is 14.2 Å². The van der Waals surface area contributed by atoms with Gasteiger partial charge in [-0.3, -0.25) is 0 Å². The zero-order valence-electron chi connectivity index (χ0n) is 10.4. The highest BCUT2D eigenvalue weighted by molar-refractivity contribution is 6.34. The lowest BCUT2D eigenvalue weighted by atomic mass is 10.1. The molecule has 0 spiro atoms. The Balaban J connectivity index is 2.10. The maximum absolute atomic E-state index is 6.05. The Hall–Kier alpha value is -1.59. The van der Waals surface area contributed by atoms with E-state index in [0.29, 0.717) is 23.3 Å². The second-order valence-electron chi connectivity index (χ2n) is 4.30. The Kier molecular flexibility index (Phi) is 3.40. The molecule has 1 atom stereocenters. The molecule has 0 bridgehead atoms. The molecule has 2 heterocycles. The van der Waals surface area contributed by atoms with Gasteiger partial charge in [-0.15, -0.1) is 5.10 Å². The van der Waals surface area contributed by atoms with E-state index in [4.69, 9.17) is 25.8 Å². The first-order valence-electron chi connectivity index (χ1n) is 6.02. The molecular weight excluding hydrogens is 268 g/mol. The van der Waals surface area contributed by atoms with Gasteiger partial charge in [0.05, 0.1) is 31.9 Å². The lowest BCUT2D eigenvalue weighted by Crippen LogP contribution is -2.16. The maximum atomic E-state index is 6.05. The van der Waals surface area contributed by atoms with Gasteiger partial charge in [0.1, 0.15) is 6.10 Å². The summed E-state index contributed by atoms with van der Waals surface area (Å²) in [6, 6.07) is 3.67. The molecule has 0 amide bonds. The number of rotatable bonds is 3. The van der Waals surface area contributed by atoms with Gasteiger partial charge in [-0.1, -0.05) is 11.6 Å². The van der Waals surface area contributed by atoms with Crippen molar-refractivity contribution in [2.24, 2.45) is 0 Å². The topological polar surface area (TPSA) is 53.5 Å². The summed E-state index contributed by atoms with van der Waals surface area (Å²) in [5, 5.41) is 9.65. The second-order valence-corrected chi connectivity index (χ2v) is 4.66. The minimum Gasteiger partial charge on any atom is -0.493 e. The van der Waals surface area contributed by atoms with Crippen LogP contribution < -0.4 is 9.47 Å². The van der Waals surface area contributed by atoms with Crippen LogP contribution in [0.15, 0.2) is 18.3 Å². The van der Waals surface area contributed by atoms with Crippen LogP contribution in [0.3, 0.4) is 0 Å². The van der Waals surface area contributed by atoms with Crippen molar-refractivity contribution in [1.82, 2.24) is 10.2 Å². The van der Waals surface area contributed by atoms with Crippen molar-refractivity contribution < 1.29 is 14.2 Å². The first-order chi connectivity index (χ1) is 9.29. The number of methoxy groups -OCH3 is 1. The third-order valence-corrected chi connectivity index (χ3v) is 3.39. The lowest BCUT2D eigenvalue weighted by molar-refractivity contribution is 0.140. The molecule has 1 aromatic carbocycles. The average Bonchev–Trinajstić information content (AvgIpc) is 2.93. The van der Waals surface area contributed by atoms with Crippen molar-refractivity contribution in [2.75, 3.05) is 20.3 Å². The van der Waals surface area contributed by atoms with Crippen LogP contribution in [0.1, 0.15) is 6.42 Å². The highest BCUT2D eigenvalue weighted by Crippen LogP contribution is 2.38. The smallest absolute Gasteiger partial charge is 0.171 e. The zero-order valence-corrected chi connectivity index (χ0v) is 11.2. The largest absolute Gasteiger partial charge is 0.493 e. The van der Waals surface area contributed by atoms with Crippen molar-refractivity contribution in [2.45, 2.75) is 12.5 Å². The zero-order chi connectivity index (χ0) is 13.2. The number of hydrogen-bond acceptors (Lipinski definition) is 5. The van der Waals surface area contributed by atoms with Crippen molar-refractivity contribution in [1.29, 1.82) is 0 Å². The van der Waals surface area contributed by atoms with Crippen LogP contribution in [0.2, 0.25) is 5.15 Å². The molecule has 0 saturated carbocycles.